The van der Waals surface area contributed by atoms with Crippen LogP contribution in [-0.2, 0) is 46.8 Å². The molecule has 4 aromatic rings. The smallest absolute Gasteiger partial charge is 0.246 e. The van der Waals surface area contributed by atoms with Crippen molar-refractivity contribution in [2.45, 2.75) is 83.3 Å². The van der Waals surface area contributed by atoms with Crippen molar-refractivity contribution in [3.8, 4) is 5.75 Å². The highest BCUT2D eigenvalue weighted by Gasteiger charge is 2.39. The molecule has 1 aliphatic heterocycles. The number of amides is 3. The van der Waals surface area contributed by atoms with Gasteiger partial charge in [-0.05, 0) is 97.3 Å². The van der Waals surface area contributed by atoms with Gasteiger partial charge in [0.05, 0.1) is 12.1 Å². The number of hydrogen-bond acceptors (Lipinski definition) is 5. The lowest BCUT2D eigenvalue weighted by Gasteiger charge is -2.39. The summed E-state index contributed by atoms with van der Waals surface area (Å²) in [6, 6.07) is 26.1. The van der Waals surface area contributed by atoms with Crippen molar-refractivity contribution in [3.05, 3.63) is 136 Å². The Morgan fingerprint density at radius 1 is 0.920 bits per heavy atom. The second-order valence-electron chi connectivity index (χ2n) is 13.4. The zero-order valence-electron chi connectivity index (χ0n) is 28.9. The van der Waals surface area contributed by atoms with Crippen LogP contribution in [0, 0.1) is 12.7 Å². The maximum atomic E-state index is 14.6. The monoisotopic (exact) mass is 676 g/mol. The van der Waals surface area contributed by atoms with E-state index in [1.165, 1.54) is 11.6 Å². The molecule has 1 heterocycles. The Balaban J connectivity index is 1.22. The fourth-order valence-corrected chi connectivity index (χ4v) is 6.84. The number of halogens is 1. The van der Waals surface area contributed by atoms with Gasteiger partial charge in [-0.15, -0.1) is 0 Å². The van der Waals surface area contributed by atoms with Gasteiger partial charge in [0.25, 0.3) is 0 Å². The lowest BCUT2D eigenvalue weighted by Crippen LogP contribution is -2.59. The SMILES string of the molecule is CN[C@@H](C)C(=O)N[C@@H](Cc1ccc(OCc2ccc(C)c(F)c2)cc1)C(=O)N1Cc2ccccc2C[C@H]1C(=O)N[C@@H]1CCCc2ccccc21. The third-order valence-corrected chi connectivity index (χ3v) is 9.97. The number of nitrogens with one attached hydrogen (secondary N) is 3. The lowest BCUT2D eigenvalue weighted by molar-refractivity contribution is -0.145. The molecule has 0 saturated carbocycles. The average Bonchev–Trinajstić information content (AvgIpc) is 3.14. The van der Waals surface area contributed by atoms with Crippen LogP contribution in [0.15, 0.2) is 91.0 Å². The average molecular weight is 677 g/mol. The Kier molecular flexibility index (Phi) is 10.9. The molecule has 6 rings (SSSR count). The number of aryl methyl sites for hydroxylation is 2. The highest BCUT2D eigenvalue weighted by atomic mass is 19.1. The van der Waals surface area contributed by atoms with E-state index in [1.807, 2.05) is 54.6 Å². The van der Waals surface area contributed by atoms with E-state index in [9.17, 15) is 18.8 Å². The molecule has 3 amide bonds. The minimum Gasteiger partial charge on any atom is -0.489 e. The number of carbonyl (C=O) groups excluding carboxylic acids is 3. The topological polar surface area (TPSA) is 99.8 Å². The molecule has 4 atom stereocenters. The van der Waals surface area contributed by atoms with Crippen molar-refractivity contribution in [1.29, 1.82) is 0 Å². The Morgan fingerprint density at radius 3 is 2.36 bits per heavy atom. The van der Waals surface area contributed by atoms with Gasteiger partial charge in [0.15, 0.2) is 0 Å². The summed E-state index contributed by atoms with van der Waals surface area (Å²) in [7, 11) is 1.69. The molecule has 8 nitrogen and oxygen atoms in total. The van der Waals surface area contributed by atoms with Gasteiger partial charge in [0.2, 0.25) is 17.7 Å². The highest BCUT2D eigenvalue weighted by molar-refractivity contribution is 5.94. The summed E-state index contributed by atoms with van der Waals surface area (Å²) in [5.41, 5.74) is 6.50. The molecule has 0 bridgehead atoms. The van der Waals surface area contributed by atoms with Crippen molar-refractivity contribution in [2.75, 3.05) is 7.05 Å². The van der Waals surface area contributed by atoms with Gasteiger partial charge in [-0.25, -0.2) is 4.39 Å². The van der Waals surface area contributed by atoms with Gasteiger partial charge < -0.3 is 25.6 Å². The molecule has 0 saturated heterocycles. The molecule has 0 aromatic heterocycles. The third-order valence-electron chi connectivity index (χ3n) is 9.97. The highest BCUT2D eigenvalue weighted by Crippen LogP contribution is 2.31. The van der Waals surface area contributed by atoms with Gasteiger partial charge >= 0.3 is 0 Å². The summed E-state index contributed by atoms with van der Waals surface area (Å²) in [5.74, 6) is -0.504. The van der Waals surface area contributed by atoms with E-state index >= 15 is 0 Å². The minimum absolute atomic E-state index is 0.126. The molecule has 3 N–H and O–H groups in total. The number of carbonyl (C=O) groups is 3. The number of ether oxygens (including phenoxy) is 1. The largest absolute Gasteiger partial charge is 0.489 e. The molecule has 0 radical (unpaired) electrons. The van der Waals surface area contributed by atoms with Crippen LogP contribution in [0.3, 0.4) is 0 Å². The van der Waals surface area contributed by atoms with Crippen molar-refractivity contribution in [2.24, 2.45) is 0 Å². The molecule has 260 valence electrons. The summed E-state index contributed by atoms with van der Waals surface area (Å²) >= 11 is 0. The van der Waals surface area contributed by atoms with Gasteiger partial charge in [0.1, 0.15) is 30.3 Å². The summed E-state index contributed by atoms with van der Waals surface area (Å²) < 4.78 is 19.9. The first kappa shape index (κ1) is 34.8. The summed E-state index contributed by atoms with van der Waals surface area (Å²) in [5, 5.41) is 9.21. The molecular weight excluding hydrogens is 631 g/mol. The zero-order chi connectivity index (χ0) is 35.2. The van der Waals surface area contributed by atoms with E-state index in [4.69, 9.17) is 4.74 Å². The standard InChI is InChI=1S/C41H45FN4O4/c1-26-15-16-29(21-35(26)42)25-50-33-19-17-28(18-20-33)22-37(45-39(47)27(2)43-3)41(49)46-24-32-11-5-4-10-31(32)23-38(46)40(48)44-36-14-8-12-30-9-6-7-13-34(30)36/h4-7,9-11,13,15-21,27,36-38,43H,8,12,14,22-25H2,1-3H3,(H,44,48)(H,45,47)/t27-,36+,37-,38-/m0/s1. The molecule has 0 spiro atoms. The van der Waals surface area contributed by atoms with Crippen LogP contribution in [0.25, 0.3) is 0 Å². The Bertz CT molecular complexity index is 1840. The number of fused-ring (bicyclic) bond motifs is 2. The fourth-order valence-electron chi connectivity index (χ4n) is 6.84. The Hall–Kier alpha value is -5.02. The van der Waals surface area contributed by atoms with Crippen LogP contribution in [-0.4, -0.2) is 47.8 Å². The Labute approximate surface area is 293 Å². The number of nitrogens with zero attached hydrogens (tertiary/aromatic N) is 1. The van der Waals surface area contributed by atoms with Crippen LogP contribution >= 0.6 is 0 Å². The van der Waals surface area contributed by atoms with Crippen LogP contribution < -0.4 is 20.7 Å². The van der Waals surface area contributed by atoms with E-state index in [1.54, 1.807) is 44.0 Å². The minimum atomic E-state index is -0.920. The number of rotatable bonds is 11. The van der Waals surface area contributed by atoms with Gasteiger partial charge in [-0.1, -0.05) is 72.8 Å². The summed E-state index contributed by atoms with van der Waals surface area (Å²) in [6.45, 7) is 3.92. The number of benzene rings is 4. The molecule has 9 heteroatoms. The molecule has 0 fully saturated rings. The van der Waals surface area contributed by atoms with E-state index < -0.39 is 18.1 Å². The summed E-state index contributed by atoms with van der Waals surface area (Å²) in [4.78, 5) is 43.6. The molecule has 2 aliphatic rings. The number of hydrogen-bond donors (Lipinski definition) is 3. The van der Waals surface area contributed by atoms with Crippen molar-refractivity contribution in [1.82, 2.24) is 20.9 Å². The van der Waals surface area contributed by atoms with Crippen LogP contribution in [0.1, 0.15) is 64.8 Å². The quantitative estimate of drug-likeness (QED) is 0.195. The molecule has 4 aromatic carbocycles. The van der Waals surface area contributed by atoms with E-state index in [0.717, 1.165) is 47.1 Å². The molecular formula is C41H45FN4O4. The van der Waals surface area contributed by atoms with E-state index in [0.29, 0.717) is 17.7 Å². The maximum absolute atomic E-state index is 14.6. The molecule has 1 aliphatic carbocycles. The van der Waals surface area contributed by atoms with Gasteiger partial charge in [-0.3, -0.25) is 14.4 Å². The lowest BCUT2D eigenvalue weighted by atomic mass is 9.87. The van der Waals surface area contributed by atoms with Crippen LogP contribution in [0.2, 0.25) is 0 Å². The number of likely N-dealkylation sites (N-methyl/N-ethyl adjacent to an activating group) is 1. The van der Waals surface area contributed by atoms with E-state index in [2.05, 4.69) is 28.1 Å². The zero-order valence-corrected chi connectivity index (χ0v) is 28.9. The summed E-state index contributed by atoms with van der Waals surface area (Å²) in [6.07, 6.45) is 3.39. The fraction of sp³-hybridized carbons (Fsp3) is 0.341. The van der Waals surface area contributed by atoms with Crippen LogP contribution in [0.5, 0.6) is 5.75 Å². The first-order valence-corrected chi connectivity index (χ1v) is 17.4. The normalized spacial score (nSPS) is 17.9. The van der Waals surface area contributed by atoms with Crippen molar-refractivity contribution in [3.63, 3.8) is 0 Å². The van der Waals surface area contributed by atoms with E-state index in [-0.39, 0.29) is 49.2 Å². The first-order chi connectivity index (χ1) is 24.2. The first-order valence-electron chi connectivity index (χ1n) is 17.4. The predicted octanol–water partition coefficient (Wildman–Crippen LogP) is 5.50. The van der Waals surface area contributed by atoms with Crippen molar-refractivity contribution < 1.29 is 23.5 Å². The molecule has 50 heavy (non-hydrogen) atoms. The van der Waals surface area contributed by atoms with Crippen molar-refractivity contribution >= 4 is 17.7 Å². The van der Waals surface area contributed by atoms with Gasteiger partial charge in [-0.2, -0.15) is 0 Å². The van der Waals surface area contributed by atoms with Gasteiger partial charge in [0, 0.05) is 19.4 Å². The Morgan fingerprint density at radius 2 is 1.62 bits per heavy atom. The maximum Gasteiger partial charge on any atom is 0.246 e. The second-order valence-corrected chi connectivity index (χ2v) is 13.4. The predicted molar refractivity (Wildman–Crippen MR) is 191 cm³/mol. The van der Waals surface area contributed by atoms with Crippen LogP contribution in [0.4, 0.5) is 4.39 Å². The second kappa shape index (κ2) is 15.7. The third kappa shape index (κ3) is 8.05. The molecule has 0 unspecified atom stereocenters.